The number of imide groups is 1. The molecular weight excluding hydrogens is 520 g/mol. The lowest BCUT2D eigenvalue weighted by molar-refractivity contribution is -0.168. The third-order valence-corrected chi connectivity index (χ3v) is 7.43. The van der Waals surface area contributed by atoms with Crippen LogP contribution < -0.4 is 5.32 Å². The maximum Gasteiger partial charge on any atom is 0.407 e. The van der Waals surface area contributed by atoms with E-state index in [2.05, 4.69) is 29.6 Å². The minimum Gasteiger partial charge on any atom is -0.449 e. The average molecular weight is 547 g/mol. The van der Waals surface area contributed by atoms with Crippen molar-refractivity contribution in [2.24, 2.45) is 0 Å². The summed E-state index contributed by atoms with van der Waals surface area (Å²) in [6.45, 7) is 0.422. The van der Waals surface area contributed by atoms with Crippen molar-refractivity contribution < 1.29 is 28.8 Å². The summed E-state index contributed by atoms with van der Waals surface area (Å²) >= 11 is 0. The summed E-state index contributed by atoms with van der Waals surface area (Å²) < 4.78 is 5.63. The van der Waals surface area contributed by atoms with Gasteiger partial charge >= 0.3 is 12.1 Å². The molecule has 0 saturated carbocycles. The van der Waals surface area contributed by atoms with Gasteiger partial charge in [-0.15, -0.1) is 0 Å². The number of hydrogen-bond acceptors (Lipinski definition) is 6. The molecule has 1 aliphatic heterocycles. The summed E-state index contributed by atoms with van der Waals surface area (Å²) in [4.78, 5) is 55.2. The molecule has 4 aromatic carbocycles. The van der Waals surface area contributed by atoms with Gasteiger partial charge in [-0.3, -0.25) is 9.59 Å². The third-order valence-electron chi connectivity index (χ3n) is 7.43. The highest BCUT2D eigenvalue weighted by atomic mass is 16.7. The van der Waals surface area contributed by atoms with Crippen LogP contribution in [0.3, 0.4) is 0 Å². The lowest BCUT2D eigenvalue weighted by atomic mass is 9.98. The SMILES string of the molecule is O=C(CCc1ccccc1CNC(=O)OCC1c2ccccc2-c2ccccc21)ON1C(=O)c2ccccc2C1=O. The Kier molecular flexibility index (Phi) is 7.04. The van der Waals surface area contributed by atoms with Gasteiger partial charge in [0.2, 0.25) is 0 Å². The van der Waals surface area contributed by atoms with Gasteiger partial charge in [0, 0.05) is 12.5 Å². The predicted octanol–water partition coefficient (Wildman–Crippen LogP) is 5.41. The number of rotatable bonds is 8. The van der Waals surface area contributed by atoms with Crippen LogP contribution in [0.15, 0.2) is 97.1 Å². The fourth-order valence-corrected chi connectivity index (χ4v) is 5.42. The van der Waals surface area contributed by atoms with Crippen LogP contribution in [0.5, 0.6) is 0 Å². The van der Waals surface area contributed by atoms with Crippen LogP contribution >= 0.6 is 0 Å². The van der Waals surface area contributed by atoms with Crippen LogP contribution in [0.2, 0.25) is 0 Å². The van der Waals surface area contributed by atoms with Gasteiger partial charge in [-0.25, -0.2) is 9.59 Å². The molecule has 6 rings (SSSR count). The molecule has 204 valence electrons. The summed E-state index contributed by atoms with van der Waals surface area (Å²) in [5, 5.41) is 3.32. The molecule has 0 unspecified atom stereocenters. The van der Waals surface area contributed by atoms with Crippen LogP contribution in [0.25, 0.3) is 11.1 Å². The second-order valence-electron chi connectivity index (χ2n) is 9.86. The number of hydroxylamine groups is 2. The molecule has 1 N–H and O–H groups in total. The predicted molar refractivity (Wildman–Crippen MR) is 150 cm³/mol. The number of fused-ring (bicyclic) bond motifs is 4. The number of amides is 3. The Morgan fingerprint density at radius 1 is 0.683 bits per heavy atom. The molecule has 1 aliphatic carbocycles. The Hall–Kier alpha value is -5.24. The van der Waals surface area contributed by atoms with Crippen LogP contribution in [0, 0.1) is 0 Å². The first-order chi connectivity index (χ1) is 20.0. The highest BCUT2D eigenvalue weighted by molar-refractivity contribution is 6.20. The van der Waals surface area contributed by atoms with Crippen molar-refractivity contribution in [1.29, 1.82) is 0 Å². The zero-order valence-electron chi connectivity index (χ0n) is 22.0. The normalized spacial score (nSPS) is 13.4. The van der Waals surface area contributed by atoms with Crippen molar-refractivity contribution in [3.05, 3.63) is 130 Å². The maximum absolute atomic E-state index is 12.6. The molecule has 1 heterocycles. The summed E-state index contributed by atoms with van der Waals surface area (Å²) in [5.41, 5.74) is 6.64. The number of nitrogens with zero attached hydrogens (tertiary/aromatic N) is 1. The van der Waals surface area contributed by atoms with E-state index in [1.807, 2.05) is 48.5 Å². The standard InChI is InChI=1S/C33H26N2O6/c36-30(41-35-31(37)27-15-7-8-16-28(27)32(35)38)18-17-21-9-1-2-10-22(21)19-34-33(39)40-20-29-25-13-5-3-11-23(25)24-12-4-6-14-26(24)29/h1-16,29H,17-20H2,(H,34,39). The highest BCUT2D eigenvalue weighted by Crippen LogP contribution is 2.44. The summed E-state index contributed by atoms with van der Waals surface area (Å²) in [6.07, 6.45) is -0.299. The van der Waals surface area contributed by atoms with Crippen molar-refractivity contribution in [3.63, 3.8) is 0 Å². The number of carbonyl (C=O) groups is 4. The van der Waals surface area contributed by atoms with Crippen molar-refractivity contribution in [3.8, 4) is 11.1 Å². The molecule has 0 bridgehead atoms. The van der Waals surface area contributed by atoms with E-state index < -0.39 is 23.9 Å². The van der Waals surface area contributed by atoms with Crippen molar-refractivity contribution >= 4 is 23.9 Å². The second kappa shape index (κ2) is 11.1. The minimum atomic E-state index is -0.709. The Labute approximate surface area is 236 Å². The molecule has 0 aromatic heterocycles. The molecule has 0 fully saturated rings. The molecule has 41 heavy (non-hydrogen) atoms. The quantitative estimate of drug-likeness (QED) is 0.297. The number of ether oxygens (including phenoxy) is 1. The Morgan fingerprint density at radius 2 is 1.20 bits per heavy atom. The largest absolute Gasteiger partial charge is 0.449 e. The van der Waals surface area contributed by atoms with E-state index in [9.17, 15) is 19.2 Å². The summed E-state index contributed by atoms with van der Waals surface area (Å²) in [5.74, 6) is -2.06. The van der Waals surface area contributed by atoms with Crippen LogP contribution in [-0.4, -0.2) is 35.5 Å². The summed E-state index contributed by atoms with van der Waals surface area (Å²) in [7, 11) is 0. The zero-order chi connectivity index (χ0) is 28.3. The molecule has 4 aromatic rings. The number of hydrogen-bond donors (Lipinski definition) is 1. The number of nitrogens with one attached hydrogen (secondary N) is 1. The van der Waals surface area contributed by atoms with Crippen molar-refractivity contribution in [2.45, 2.75) is 25.3 Å². The van der Waals surface area contributed by atoms with Gasteiger partial charge in [0.05, 0.1) is 17.5 Å². The Morgan fingerprint density at radius 3 is 1.80 bits per heavy atom. The van der Waals surface area contributed by atoms with Gasteiger partial charge in [-0.05, 0) is 51.9 Å². The topological polar surface area (TPSA) is 102 Å². The molecule has 0 spiro atoms. The van der Waals surface area contributed by atoms with E-state index in [4.69, 9.17) is 9.57 Å². The average Bonchev–Trinajstić information content (AvgIpc) is 3.45. The first-order valence-electron chi connectivity index (χ1n) is 13.4. The van der Waals surface area contributed by atoms with E-state index in [1.165, 1.54) is 12.1 Å². The van der Waals surface area contributed by atoms with Gasteiger partial charge in [-0.1, -0.05) is 90.0 Å². The third kappa shape index (κ3) is 5.07. The van der Waals surface area contributed by atoms with Gasteiger partial charge in [0.25, 0.3) is 11.8 Å². The van der Waals surface area contributed by atoms with Gasteiger partial charge in [0.1, 0.15) is 6.61 Å². The number of alkyl carbamates (subject to hydrolysis) is 1. The molecule has 0 saturated heterocycles. The zero-order valence-corrected chi connectivity index (χ0v) is 22.0. The van der Waals surface area contributed by atoms with Crippen molar-refractivity contribution in [1.82, 2.24) is 10.4 Å². The summed E-state index contributed by atoms with van der Waals surface area (Å²) in [6, 6.07) is 30.0. The first-order valence-corrected chi connectivity index (χ1v) is 13.4. The van der Waals surface area contributed by atoms with E-state index in [-0.39, 0.29) is 36.6 Å². The van der Waals surface area contributed by atoms with E-state index >= 15 is 0 Å². The maximum atomic E-state index is 12.6. The van der Waals surface area contributed by atoms with Crippen LogP contribution in [0.4, 0.5) is 4.79 Å². The van der Waals surface area contributed by atoms with Gasteiger partial charge in [0.15, 0.2) is 0 Å². The molecule has 0 atom stereocenters. The molecule has 8 nitrogen and oxygen atoms in total. The second-order valence-corrected chi connectivity index (χ2v) is 9.86. The molecule has 0 radical (unpaired) electrons. The Bertz CT molecular complexity index is 1600. The molecule has 2 aliphatic rings. The number of benzene rings is 4. The van der Waals surface area contributed by atoms with Gasteiger partial charge in [-0.2, -0.15) is 0 Å². The van der Waals surface area contributed by atoms with Gasteiger partial charge < -0.3 is 14.9 Å². The number of aryl methyl sites for hydroxylation is 1. The van der Waals surface area contributed by atoms with E-state index in [0.717, 1.165) is 33.4 Å². The fourth-order valence-electron chi connectivity index (χ4n) is 5.42. The lowest BCUT2D eigenvalue weighted by Gasteiger charge is -2.15. The molecule has 8 heteroatoms. The monoisotopic (exact) mass is 546 g/mol. The lowest BCUT2D eigenvalue weighted by Crippen LogP contribution is -2.32. The van der Waals surface area contributed by atoms with E-state index in [0.29, 0.717) is 11.5 Å². The van der Waals surface area contributed by atoms with Crippen molar-refractivity contribution in [2.75, 3.05) is 6.61 Å². The highest BCUT2D eigenvalue weighted by Gasteiger charge is 2.38. The minimum absolute atomic E-state index is 0.0337. The Balaban J connectivity index is 1.02. The van der Waals surface area contributed by atoms with E-state index in [1.54, 1.807) is 12.1 Å². The molecule has 3 amide bonds. The van der Waals surface area contributed by atoms with Crippen LogP contribution in [0.1, 0.15) is 55.3 Å². The van der Waals surface area contributed by atoms with Crippen LogP contribution in [-0.2, 0) is 27.3 Å². The molecular formula is C33H26N2O6. The first kappa shape index (κ1) is 26.0. The number of carbonyl (C=O) groups excluding carboxylic acids is 4. The smallest absolute Gasteiger partial charge is 0.407 e. The fraction of sp³-hybridized carbons (Fsp3) is 0.152.